The Balaban J connectivity index is 2.26. The quantitative estimate of drug-likeness (QED) is 0.808. The van der Waals surface area contributed by atoms with Gasteiger partial charge in [0.25, 0.3) is 0 Å². The van der Waals surface area contributed by atoms with Gasteiger partial charge in [-0.05, 0) is 24.3 Å². The smallest absolute Gasteiger partial charge is 0.354 e. The van der Waals surface area contributed by atoms with Crippen LogP contribution in [0.4, 0.5) is 19.0 Å². The van der Waals surface area contributed by atoms with Crippen molar-refractivity contribution in [2.45, 2.75) is 12.7 Å². The van der Waals surface area contributed by atoms with Crippen LogP contribution < -0.4 is 4.90 Å². The Bertz CT molecular complexity index is 587. The van der Waals surface area contributed by atoms with Crippen molar-refractivity contribution in [2.75, 3.05) is 11.9 Å². The van der Waals surface area contributed by atoms with Crippen LogP contribution in [0.5, 0.6) is 0 Å². The van der Waals surface area contributed by atoms with E-state index in [0.717, 1.165) is 17.8 Å². The highest BCUT2D eigenvalue weighted by Gasteiger charge is 2.31. The van der Waals surface area contributed by atoms with Gasteiger partial charge in [0, 0.05) is 13.2 Å². The minimum absolute atomic E-state index is 0.149. The van der Waals surface area contributed by atoms with E-state index in [1.165, 1.54) is 0 Å². The van der Waals surface area contributed by atoms with Gasteiger partial charge in [0.15, 0.2) is 0 Å². The molecule has 106 valence electrons. The number of alkyl halides is 3. The van der Waals surface area contributed by atoms with E-state index in [1.54, 1.807) is 30.3 Å². The Kier molecular flexibility index (Phi) is 4.13. The minimum atomic E-state index is -4.45. The van der Waals surface area contributed by atoms with Crippen LogP contribution in [0.1, 0.15) is 11.3 Å². The van der Waals surface area contributed by atoms with Gasteiger partial charge in [-0.3, -0.25) is 4.98 Å². The van der Waals surface area contributed by atoms with Gasteiger partial charge in [0.05, 0.1) is 17.8 Å². The summed E-state index contributed by atoms with van der Waals surface area (Å²) in [7, 11) is 1.63. The predicted octanol–water partition coefficient (Wildman–Crippen LogP) is 3.79. The summed E-state index contributed by atoms with van der Waals surface area (Å²) in [5.74, 6) is 0.149. The van der Waals surface area contributed by atoms with Gasteiger partial charge in [-0.2, -0.15) is 13.2 Å². The maximum absolute atomic E-state index is 12.7. The second kappa shape index (κ2) is 5.66. The van der Waals surface area contributed by atoms with E-state index in [1.807, 2.05) is 6.07 Å². The van der Waals surface area contributed by atoms with Crippen molar-refractivity contribution in [3.8, 4) is 0 Å². The summed E-state index contributed by atoms with van der Waals surface area (Å²) < 4.78 is 38.2. The third kappa shape index (κ3) is 3.60. The first-order valence-corrected chi connectivity index (χ1v) is 6.10. The third-order valence-electron chi connectivity index (χ3n) is 2.62. The monoisotopic (exact) mass is 301 g/mol. The SMILES string of the molecule is CN(Cc1ccccn1)c1cc(C(F)(F)F)cc(Cl)n1. The number of nitrogens with zero attached hydrogens (tertiary/aromatic N) is 3. The first-order chi connectivity index (χ1) is 9.36. The lowest BCUT2D eigenvalue weighted by atomic mass is 10.2. The normalized spacial score (nSPS) is 11.4. The summed E-state index contributed by atoms with van der Waals surface area (Å²) in [5, 5.41) is -0.192. The van der Waals surface area contributed by atoms with Crippen LogP contribution >= 0.6 is 11.6 Å². The molecule has 0 aromatic carbocycles. The van der Waals surface area contributed by atoms with E-state index in [0.29, 0.717) is 6.54 Å². The van der Waals surface area contributed by atoms with Crippen LogP contribution in [0, 0.1) is 0 Å². The fourth-order valence-electron chi connectivity index (χ4n) is 1.66. The van der Waals surface area contributed by atoms with Crippen molar-refractivity contribution in [1.29, 1.82) is 0 Å². The molecule has 0 saturated heterocycles. The third-order valence-corrected chi connectivity index (χ3v) is 2.82. The average Bonchev–Trinajstić information content (AvgIpc) is 2.38. The van der Waals surface area contributed by atoms with Crippen molar-refractivity contribution in [3.63, 3.8) is 0 Å². The van der Waals surface area contributed by atoms with Gasteiger partial charge in [-0.25, -0.2) is 4.98 Å². The van der Waals surface area contributed by atoms with Crippen LogP contribution in [-0.2, 0) is 12.7 Å². The molecule has 0 fully saturated rings. The maximum Gasteiger partial charge on any atom is 0.416 e. The largest absolute Gasteiger partial charge is 0.416 e. The maximum atomic E-state index is 12.7. The fraction of sp³-hybridized carbons (Fsp3) is 0.231. The molecule has 0 bridgehead atoms. The number of hydrogen-bond acceptors (Lipinski definition) is 3. The van der Waals surface area contributed by atoms with E-state index in [-0.39, 0.29) is 11.0 Å². The molecule has 7 heteroatoms. The van der Waals surface area contributed by atoms with Crippen molar-refractivity contribution >= 4 is 17.4 Å². The fourth-order valence-corrected chi connectivity index (χ4v) is 1.86. The molecule has 0 saturated carbocycles. The molecular formula is C13H11ClF3N3. The highest BCUT2D eigenvalue weighted by Crippen LogP contribution is 2.32. The molecule has 0 aliphatic carbocycles. The summed E-state index contributed by atoms with van der Waals surface area (Å²) in [6.07, 6.45) is -2.83. The molecule has 20 heavy (non-hydrogen) atoms. The molecular weight excluding hydrogens is 291 g/mol. The first-order valence-electron chi connectivity index (χ1n) is 5.72. The Labute approximate surface area is 119 Å². The van der Waals surface area contributed by atoms with Gasteiger partial charge >= 0.3 is 6.18 Å². The molecule has 0 radical (unpaired) electrons. The zero-order valence-corrected chi connectivity index (χ0v) is 11.3. The van der Waals surface area contributed by atoms with Crippen LogP contribution in [0.15, 0.2) is 36.5 Å². The minimum Gasteiger partial charge on any atom is -0.354 e. The van der Waals surface area contributed by atoms with E-state index in [2.05, 4.69) is 9.97 Å². The highest BCUT2D eigenvalue weighted by molar-refractivity contribution is 6.29. The number of aromatic nitrogens is 2. The molecule has 0 amide bonds. The zero-order chi connectivity index (χ0) is 14.8. The molecule has 2 rings (SSSR count). The molecule has 0 unspecified atom stereocenters. The summed E-state index contributed by atoms with van der Waals surface area (Å²) in [6.45, 7) is 0.339. The summed E-state index contributed by atoms with van der Waals surface area (Å²) in [4.78, 5) is 9.58. The van der Waals surface area contributed by atoms with Gasteiger partial charge in [0.1, 0.15) is 11.0 Å². The number of rotatable bonds is 3. The van der Waals surface area contributed by atoms with E-state index < -0.39 is 11.7 Å². The molecule has 2 heterocycles. The number of anilines is 1. The standard InChI is InChI=1S/C13H11ClF3N3/c1-20(8-10-4-2-3-5-18-10)12-7-9(13(15,16)17)6-11(14)19-12/h2-7H,8H2,1H3. The van der Waals surface area contributed by atoms with Gasteiger partial charge in [0.2, 0.25) is 0 Å². The van der Waals surface area contributed by atoms with E-state index >= 15 is 0 Å². The lowest BCUT2D eigenvalue weighted by molar-refractivity contribution is -0.137. The second-order valence-electron chi connectivity index (χ2n) is 4.21. The Morgan fingerprint density at radius 1 is 1.25 bits per heavy atom. The molecule has 3 nitrogen and oxygen atoms in total. The number of hydrogen-bond donors (Lipinski definition) is 0. The van der Waals surface area contributed by atoms with Crippen LogP contribution in [0.25, 0.3) is 0 Å². The first kappa shape index (κ1) is 14.6. The number of halogens is 4. The molecule has 0 aliphatic heterocycles. The van der Waals surface area contributed by atoms with Crippen LogP contribution in [0.2, 0.25) is 5.15 Å². The van der Waals surface area contributed by atoms with Gasteiger partial charge < -0.3 is 4.90 Å². The van der Waals surface area contributed by atoms with E-state index in [4.69, 9.17) is 11.6 Å². The molecule has 0 atom stereocenters. The molecule has 0 aliphatic rings. The average molecular weight is 302 g/mol. The molecule has 0 N–H and O–H groups in total. The zero-order valence-electron chi connectivity index (χ0n) is 10.5. The van der Waals surface area contributed by atoms with Gasteiger partial charge in [-0.1, -0.05) is 17.7 Å². The molecule has 0 spiro atoms. The van der Waals surface area contributed by atoms with Crippen molar-refractivity contribution in [2.24, 2.45) is 0 Å². The predicted molar refractivity (Wildman–Crippen MR) is 70.6 cm³/mol. The Morgan fingerprint density at radius 3 is 2.60 bits per heavy atom. The topological polar surface area (TPSA) is 29.0 Å². The summed E-state index contributed by atoms with van der Waals surface area (Å²) in [5.41, 5.74) is -0.0919. The van der Waals surface area contributed by atoms with Crippen molar-refractivity contribution in [3.05, 3.63) is 52.9 Å². The van der Waals surface area contributed by atoms with Gasteiger partial charge in [-0.15, -0.1) is 0 Å². The van der Waals surface area contributed by atoms with Crippen molar-refractivity contribution in [1.82, 2.24) is 9.97 Å². The number of pyridine rings is 2. The van der Waals surface area contributed by atoms with E-state index in [9.17, 15) is 13.2 Å². The lowest BCUT2D eigenvalue weighted by Crippen LogP contribution is -2.19. The summed E-state index contributed by atoms with van der Waals surface area (Å²) >= 11 is 5.65. The molecule has 2 aromatic rings. The van der Waals surface area contributed by atoms with Crippen LogP contribution in [-0.4, -0.2) is 17.0 Å². The van der Waals surface area contributed by atoms with Crippen LogP contribution in [0.3, 0.4) is 0 Å². The molecule has 2 aromatic heterocycles. The second-order valence-corrected chi connectivity index (χ2v) is 4.60. The Morgan fingerprint density at radius 2 is 2.00 bits per heavy atom. The highest BCUT2D eigenvalue weighted by atomic mass is 35.5. The Hall–Kier alpha value is -1.82. The van der Waals surface area contributed by atoms with Crippen molar-refractivity contribution < 1.29 is 13.2 Å². The lowest BCUT2D eigenvalue weighted by Gasteiger charge is -2.19. The summed E-state index contributed by atoms with van der Waals surface area (Å²) in [6, 6.07) is 7.13.